The molecule has 3 N–H and O–H groups in total. The number of benzene rings is 3. The molecule has 0 bridgehead atoms. The molecular formula is C17H15NO3S. The van der Waals surface area contributed by atoms with E-state index in [9.17, 15) is 13.0 Å². The molecule has 3 aromatic carbocycles. The zero-order valence-corrected chi connectivity index (χ0v) is 12.8. The molecule has 22 heavy (non-hydrogen) atoms. The maximum Gasteiger partial charge on any atom is 0.295 e. The molecule has 0 saturated heterocycles. The number of nitrogens with two attached hydrogens (primary N) is 1. The Kier molecular flexibility index (Phi) is 3.39. The van der Waals surface area contributed by atoms with Gasteiger partial charge in [-0.25, -0.2) is 0 Å². The zero-order valence-electron chi connectivity index (χ0n) is 11.9. The topological polar surface area (TPSA) is 80.4 Å². The van der Waals surface area contributed by atoms with Crippen LogP contribution in [-0.2, 0) is 10.1 Å². The van der Waals surface area contributed by atoms with Gasteiger partial charge in [-0.05, 0) is 30.0 Å². The highest BCUT2D eigenvalue weighted by molar-refractivity contribution is 7.86. The first kappa shape index (κ1) is 14.6. The van der Waals surface area contributed by atoms with Gasteiger partial charge in [-0.15, -0.1) is 0 Å². The summed E-state index contributed by atoms with van der Waals surface area (Å²) in [6.45, 7) is 1.95. The fourth-order valence-electron chi connectivity index (χ4n) is 2.61. The van der Waals surface area contributed by atoms with E-state index in [0.717, 1.165) is 10.9 Å². The van der Waals surface area contributed by atoms with Gasteiger partial charge < -0.3 is 5.73 Å². The van der Waals surface area contributed by atoms with Gasteiger partial charge in [0, 0.05) is 16.6 Å². The van der Waals surface area contributed by atoms with Gasteiger partial charge in [0.2, 0.25) is 0 Å². The summed E-state index contributed by atoms with van der Waals surface area (Å²) < 4.78 is 33.1. The SMILES string of the molecule is Cc1ccc(-c2c(S(=O)(=O)O)ccc3cccc(N)c23)cc1. The van der Waals surface area contributed by atoms with Gasteiger partial charge in [0.15, 0.2) is 0 Å². The van der Waals surface area contributed by atoms with E-state index in [1.807, 2.05) is 43.3 Å². The number of hydrogen-bond donors (Lipinski definition) is 2. The largest absolute Gasteiger partial charge is 0.398 e. The van der Waals surface area contributed by atoms with Crippen molar-refractivity contribution in [2.45, 2.75) is 11.8 Å². The molecule has 0 aliphatic carbocycles. The number of nitrogen functional groups attached to an aromatic ring is 1. The van der Waals surface area contributed by atoms with Crippen molar-refractivity contribution in [1.29, 1.82) is 0 Å². The van der Waals surface area contributed by atoms with Crippen molar-refractivity contribution in [2.75, 3.05) is 5.73 Å². The van der Waals surface area contributed by atoms with E-state index in [1.54, 1.807) is 12.1 Å². The van der Waals surface area contributed by atoms with E-state index in [0.29, 0.717) is 22.2 Å². The second kappa shape index (κ2) is 5.12. The smallest absolute Gasteiger partial charge is 0.295 e. The lowest BCUT2D eigenvalue weighted by molar-refractivity contribution is 0.483. The maximum absolute atomic E-state index is 11.8. The summed E-state index contributed by atoms with van der Waals surface area (Å²) in [5.41, 5.74) is 8.72. The third-order valence-electron chi connectivity index (χ3n) is 3.66. The predicted molar refractivity (Wildman–Crippen MR) is 88.3 cm³/mol. The molecule has 0 aliphatic heterocycles. The number of fused-ring (bicyclic) bond motifs is 1. The summed E-state index contributed by atoms with van der Waals surface area (Å²) in [6, 6.07) is 15.9. The highest BCUT2D eigenvalue weighted by atomic mass is 32.2. The summed E-state index contributed by atoms with van der Waals surface area (Å²) in [4.78, 5) is -0.137. The maximum atomic E-state index is 11.8. The number of hydrogen-bond acceptors (Lipinski definition) is 3. The van der Waals surface area contributed by atoms with Gasteiger partial charge in [-0.1, -0.05) is 48.0 Å². The Bertz CT molecular complexity index is 961. The molecule has 0 heterocycles. The van der Waals surface area contributed by atoms with Crippen LogP contribution < -0.4 is 5.73 Å². The summed E-state index contributed by atoms with van der Waals surface area (Å²) >= 11 is 0. The molecule has 112 valence electrons. The average molecular weight is 313 g/mol. The molecule has 0 radical (unpaired) electrons. The first-order valence-corrected chi connectivity index (χ1v) is 8.17. The molecule has 0 aliphatic rings. The second-order valence-corrected chi connectivity index (χ2v) is 6.62. The van der Waals surface area contributed by atoms with Gasteiger partial charge in [-0.3, -0.25) is 4.55 Å². The Labute approximate surface area is 129 Å². The molecule has 0 fully saturated rings. The summed E-state index contributed by atoms with van der Waals surface area (Å²) in [6.07, 6.45) is 0. The first-order chi connectivity index (χ1) is 10.4. The van der Waals surface area contributed by atoms with Crippen LogP contribution in [0.4, 0.5) is 5.69 Å². The number of rotatable bonds is 2. The van der Waals surface area contributed by atoms with Crippen LogP contribution in [0.5, 0.6) is 0 Å². The molecule has 0 aromatic heterocycles. The Hall–Kier alpha value is -2.37. The van der Waals surface area contributed by atoms with Crippen molar-refractivity contribution < 1.29 is 13.0 Å². The Morgan fingerprint density at radius 2 is 1.64 bits per heavy atom. The normalized spacial score (nSPS) is 11.7. The summed E-state index contributed by atoms with van der Waals surface area (Å²) in [7, 11) is -4.36. The van der Waals surface area contributed by atoms with Crippen LogP contribution in [-0.4, -0.2) is 13.0 Å². The average Bonchev–Trinajstić information content (AvgIpc) is 2.46. The summed E-state index contributed by atoms with van der Waals surface area (Å²) in [5.74, 6) is 0. The summed E-state index contributed by atoms with van der Waals surface area (Å²) in [5, 5.41) is 1.45. The zero-order chi connectivity index (χ0) is 15.9. The third-order valence-corrected chi connectivity index (χ3v) is 4.55. The van der Waals surface area contributed by atoms with E-state index in [-0.39, 0.29) is 4.90 Å². The van der Waals surface area contributed by atoms with Gasteiger partial charge in [0.25, 0.3) is 10.1 Å². The van der Waals surface area contributed by atoms with Crippen molar-refractivity contribution in [3.8, 4) is 11.1 Å². The monoisotopic (exact) mass is 313 g/mol. The minimum Gasteiger partial charge on any atom is -0.398 e. The molecule has 0 atom stereocenters. The lowest BCUT2D eigenvalue weighted by Gasteiger charge is -2.13. The van der Waals surface area contributed by atoms with Crippen LogP contribution in [0, 0.1) is 6.92 Å². The number of anilines is 1. The second-order valence-electron chi connectivity index (χ2n) is 5.23. The lowest BCUT2D eigenvalue weighted by Crippen LogP contribution is -2.02. The standard InChI is InChI=1S/C17H15NO3S/c1-11-5-7-13(8-6-11)17-15(22(19,20)21)10-9-12-3-2-4-14(18)16(12)17/h2-10H,18H2,1H3,(H,19,20,21). The Balaban J connectivity index is 2.50. The Morgan fingerprint density at radius 1 is 0.955 bits per heavy atom. The van der Waals surface area contributed by atoms with E-state index in [1.165, 1.54) is 6.07 Å². The van der Waals surface area contributed by atoms with E-state index in [4.69, 9.17) is 5.73 Å². The molecule has 3 aromatic rings. The molecule has 0 spiro atoms. The quantitative estimate of drug-likeness (QED) is 0.559. The number of aryl methyl sites for hydroxylation is 1. The van der Waals surface area contributed by atoms with Crippen molar-refractivity contribution in [3.05, 3.63) is 60.2 Å². The molecule has 0 amide bonds. The van der Waals surface area contributed by atoms with Crippen LogP contribution in [0.15, 0.2) is 59.5 Å². The van der Waals surface area contributed by atoms with Gasteiger partial charge in [0.05, 0.1) is 0 Å². The highest BCUT2D eigenvalue weighted by Crippen LogP contribution is 2.37. The van der Waals surface area contributed by atoms with Crippen LogP contribution >= 0.6 is 0 Å². The van der Waals surface area contributed by atoms with Gasteiger partial charge in [0.1, 0.15) is 4.90 Å². The van der Waals surface area contributed by atoms with Crippen molar-refractivity contribution >= 4 is 26.6 Å². The van der Waals surface area contributed by atoms with E-state index >= 15 is 0 Å². The van der Waals surface area contributed by atoms with Crippen molar-refractivity contribution in [3.63, 3.8) is 0 Å². The molecule has 0 saturated carbocycles. The molecule has 3 rings (SSSR count). The lowest BCUT2D eigenvalue weighted by atomic mass is 9.96. The van der Waals surface area contributed by atoms with Crippen molar-refractivity contribution in [2.24, 2.45) is 0 Å². The van der Waals surface area contributed by atoms with Gasteiger partial charge >= 0.3 is 0 Å². The molecule has 4 nitrogen and oxygen atoms in total. The molecule has 5 heteroatoms. The molecule has 0 unspecified atom stereocenters. The highest BCUT2D eigenvalue weighted by Gasteiger charge is 2.20. The Morgan fingerprint density at radius 3 is 2.27 bits per heavy atom. The van der Waals surface area contributed by atoms with E-state index < -0.39 is 10.1 Å². The van der Waals surface area contributed by atoms with Crippen LogP contribution in [0.1, 0.15) is 5.56 Å². The van der Waals surface area contributed by atoms with Crippen molar-refractivity contribution in [1.82, 2.24) is 0 Å². The van der Waals surface area contributed by atoms with Crippen LogP contribution in [0.3, 0.4) is 0 Å². The third kappa shape index (κ3) is 2.45. The van der Waals surface area contributed by atoms with Gasteiger partial charge in [-0.2, -0.15) is 8.42 Å². The van der Waals surface area contributed by atoms with Crippen LogP contribution in [0.25, 0.3) is 21.9 Å². The fraction of sp³-hybridized carbons (Fsp3) is 0.0588. The minimum atomic E-state index is -4.36. The predicted octanol–water partition coefficient (Wildman–Crippen LogP) is 3.64. The van der Waals surface area contributed by atoms with E-state index in [2.05, 4.69) is 0 Å². The van der Waals surface area contributed by atoms with Crippen LogP contribution in [0.2, 0.25) is 0 Å². The molecular weight excluding hydrogens is 298 g/mol. The fourth-order valence-corrected chi connectivity index (χ4v) is 3.33. The first-order valence-electron chi connectivity index (χ1n) is 6.73. The minimum absolute atomic E-state index is 0.137.